The lowest BCUT2D eigenvalue weighted by Gasteiger charge is -2.14. The van der Waals surface area contributed by atoms with Crippen molar-refractivity contribution in [1.29, 1.82) is 5.41 Å². The molecule has 1 aliphatic rings. The molecule has 0 bridgehead atoms. The van der Waals surface area contributed by atoms with Crippen molar-refractivity contribution >= 4 is 24.0 Å². The molecule has 1 heterocycles. The molecule has 0 saturated carbocycles. The van der Waals surface area contributed by atoms with E-state index in [1.54, 1.807) is 12.3 Å². The molecule has 0 radical (unpaired) electrons. The summed E-state index contributed by atoms with van der Waals surface area (Å²) in [6, 6.07) is 72.3. The number of hydrogen-bond acceptors (Lipinski definition) is 4. The maximum Gasteiger partial charge on any atom is 0.164 e. The number of hydrogen-bond donors (Lipinski definition) is 1. The summed E-state index contributed by atoms with van der Waals surface area (Å²) in [6.45, 7) is 4.17. The zero-order chi connectivity index (χ0) is 48.9. The average molecular weight is 927 g/mol. The van der Waals surface area contributed by atoms with E-state index in [4.69, 9.17) is 25.4 Å². The summed E-state index contributed by atoms with van der Waals surface area (Å²) in [4.78, 5) is 24.5. The van der Waals surface area contributed by atoms with Crippen LogP contribution in [0.1, 0.15) is 34.6 Å². The molecule has 1 aliphatic carbocycles. The van der Waals surface area contributed by atoms with Gasteiger partial charge in [-0.25, -0.2) is 24.9 Å². The predicted octanol–water partition coefficient (Wildman–Crippen LogP) is 16.1. The topological polar surface area (TPSA) is 87.2 Å². The molecule has 0 spiro atoms. The van der Waals surface area contributed by atoms with E-state index in [9.17, 15) is 0 Å². The van der Waals surface area contributed by atoms with Gasteiger partial charge in [0.25, 0.3) is 0 Å². The van der Waals surface area contributed by atoms with Gasteiger partial charge in [0.1, 0.15) is 0 Å². The summed E-state index contributed by atoms with van der Waals surface area (Å²) >= 11 is 0. The Labute approximate surface area is 421 Å². The number of aromatic nitrogens is 3. The highest BCUT2D eigenvalue weighted by Crippen LogP contribution is 2.32. The average Bonchev–Trinajstić information content (AvgIpc) is 3.46. The summed E-state index contributed by atoms with van der Waals surface area (Å²) in [5.74, 6) is 2.70. The van der Waals surface area contributed by atoms with Crippen molar-refractivity contribution in [2.24, 2.45) is 9.98 Å². The Bertz CT molecular complexity index is 3570. The fourth-order valence-corrected chi connectivity index (χ4v) is 8.50. The smallest absolute Gasteiger partial charge is 0.164 e. The highest BCUT2D eigenvalue weighted by Gasteiger charge is 2.15. The van der Waals surface area contributed by atoms with Crippen LogP contribution < -0.4 is 0 Å². The molecule has 1 N–H and O–H groups in total. The summed E-state index contributed by atoms with van der Waals surface area (Å²) in [5, 5.41) is 8.90. The van der Waals surface area contributed by atoms with Crippen molar-refractivity contribution in [2.45, 2.75) is 12.3 Å². The van der Waals surface area contributed by atoms with Gasteiger partial charge in [-0.05, 0) is 80.8 Å². The van der Waals surface area contributed by atoms with Crippen molar-refractivity contribution in [1.82, 2.24) is 15.0 Å². The molecule has 6 nitrogen and oxygen atoms in total. The molecule has 9 aromatic rings. The van der Waals surface area contributed by atoms with Crippen molar-refractivity contribution < 1.29 is 0 Å². The number of rotatable bonds is 13. The molecular weight excluding hydrogens is 877 g/mol. The van der Waals surface area contributed by atoms with Crippen LogP contribution >= 0.6 is 0 Å². The lowest BCUT2D eigenvalue weighted by Crippen LogP contribution is -2.04. The van der Waals surface area contributed by atoms with Crippen LogP contribution in [0.5, 0.6) is 0 Å². The molecule has 72 heavy (non-hydrogen) atoms. The maximum atomic E-state index is 8.90. The molecule has 1 atom stereocenters. The molecule has 0 saturated heterocycles. The molecule has 1 unspecified atom stereocenters. The highest BCUT2D eigenvalue weighted by molar-refractivity contribution is 6.14. The second kappa shape index (κ2) is 22.3. The van der Waals surface area contributed by atoms with Gasteiger partial charge in [-0.2, -0.15) is 0 Å². The number of nitrogens with one attached hydrogen (secondary N) is 1. The second-order valence-corrected chi connectivity index (χ2v) is 17.4. The van der Waals surface area contributed by atoms with Gasteiger partial charge >= 0.3 is 0 Å². The normalized spacial score (nSPS) is 13.6. The number of amidine groups is 2. The third-order valence-electron chi connectivity index (χ3n) is 12.4. The van der Waals surface area contributed by atoms with Crippen LogP contribution in [0.4, 0.5) is 0 Å². The van der Waals surface area contributed by atoms with Gasteiger partial charge in [0.05, 0.1) is 0 Å². The third-order valence-corrected chi connectivity index (χ3v) is 12.4. The van der Waals surface area contributed by atoms with E-state index in [1.807, 2.05) is 109 Å². The Hall–Kier alpha value is -9.52. The summed E-state index contributed by atoms with van der Waals surface area (Å²) in [7, 11) is 0. The first-order valence-corrected chi connectivity index (χ1v) is 24.0. The van der Waals surface area contributed by atoms with E-state index in [-0.39, 0.29) is 5.84 Å². The zero-order valence-corrected chi connectivity index (χ0v) is 39.6. The first-order valence-electron chi connectivity index (χ1n) is 24.0. The minimum atomic E-state index is 0.0268. The molecular formula is C66H50N6. The molecule has 0 aliphatic heterocycles. The van der Waals surface area contributed by atoms with E-state index < -0.39 is 0 Å². The first kappa shape index (κ1) is 46.2. The van der Waals surface area contributed by atoms with Crippen molar-refractivity contribution in [3.05, 3.63) is 289 Å². The monoisotopic (exact) mass is 926 g/mol. The Balaban J connectivity index is 0.857. The van der Waals surface area contributed by atoms with Crippen LogP contribution in [0.15, 0.2) is 277 Å². The minimum absolute atomic E-state index is 0.0268. The largest absolute Gasteiger partial charge is 0.282 e. The van der Waals surface area contributed by atoms with Crippen LogP contribution in [0.25, 0.3) is 73.6 Å². The molecule has 0 amide bonds. The summed E-state index contributed by atoms with van der Waals surface area (Å²) in [6.07, 6.45) is 19.1. The van der Waals surface area contributed by atoms with E-state index in [1.165, 1.54) is 5.56 Å². The van der Waals surface area contributed by atoms with Gasteiger partial charge < -0.3 is 0 Å². The van der Waals surface area contributed by atoms with Crippen LogP contribution in [0.2, 0.25) is 0 Å². The van der Waals surface area contributed by atoms with Crippen molar-refractivity contribution in [3.8, 4) is 67.5 Å². The zero-order valence-electron chi connectivity index (χ0n) is 39.6. The fraction of sp³-hybridized carbons (Fsp3) is 0.0303. The lowest BCUT2D eigenvalue weighted by molar-refractivity contribution is 0.854. The molecule has 1 aromatic heterocycles. The number of aliphatic imine (C=N–C) groups is 2. The summed E-state index contributed by atoms with van der Waals surface area (Å²) in [5.41, 5.74) is 13.8. The minimum Gasteiger partial charge on any atom is -0.282 e. The predicted molar refractivity (Wildman–Crippen MR) is 300 cm³/mol. The Kier molecular flexibility index (Phi) is 14.3. The van der Waals surface area contributed by atoms with Crippen LogP contribution in [-0.4, -0.2) is 32.8 Å². The number of allylic oxidation sites excluding steroid dienone is 6. The second-order valence-electron chi connectivity index (χ2n) is 17.4. The van der Waals surface area contributed by atoms with Gasteiger partial charge in [-0.1, -0.05) is 243 Å². The maximum absolute atomic E-state index is 8.90. The van der Waals surface area contributed by atoms with Crippen LogP contribution in [0, 0.1) is 5.41 Å². The molecule has 6 heteroatoms. The van der Waals surface area contributed by atoms with Crippen molar-refractivity contribution in [3.63, 3.8) is 0 Å². The Morgan fingerprint density at radius 1 is 0.486 bits per heavy atom. The quantitative estimate of drug-likeness (QED) is 0.0710. The van der Waals surface area contributed by atoms with E-state index in [2.05, 4.69) is 157 Å². The molecule has 8 aromatic carbocycles. The van der Waals surface area contributed by atoms with Crippen LogP contribution in [-0.2, 0) is 0 Å². The molecule has 10 rings (SSSR count). The van der Waals surface area contributed by atoms with Gasteiger partial charge in [-0.15, -0.1) is 0 Å². The van der Waals surface area contributed by atoms with Gasteiger partial charge in [-0.3, -0.25) is 5.41 Å². The number of benzene rings is 8. The van der Waals surface area contributed by atoms with E-state index in [0.717, 1.165) is 73.2 Å². The van der Waals surface area contributed by atoms with E-state index >= 15 is 0 Å². The van der Waals surface area contributed by atoms with Gasteiger partial charge in [0, 0.05) is 40.0 Å². The lowest BCUT2D eigenvalue weighted by atomic mass is 9.92. The third kappa shape index (κ3) is 11.5. The standard InChI is InChI=1S/C66H50N6/c1-47(62(67)69-63(68-46-49-22-6-2-7-23-49)60-36-18-32-56(44-60)51-27-10-4-11-28-51)20-14-15-21-48-24-16-31-55(42-48)57-33-17-34-58(43-57)59-35-19-37-61(45-59)66-71-64(53-29-12-5-13-30-53)70-65(72-66)54-40-38-52(39-41-54)50-25-8-3-9-26-50/h2-25,27-46,50,67H,1,26H2/b20-14-,21-15+,67-62?,68-46+,69-63-. The Morgan fingerprint density at radius 3 is 1.65 bits per heavy atom. The Morgan fingerprint density at radius 2 is 1.00 bits per heavy atom. The first-order chi connectivity index (χ1) is 35.5. The summed E-state index contributed by atoms with van der Waals surface area (Å²) < 4.78 is 0. The molecule has 344 valence electrons. The van der Waals surface area contributed by atoms with Crippen molar-refractivity contribution in [2.75, 3.05) is 0 Å². The number of nitrogens with zero attached hydrogens (tertiary/aromatic N) is 5. The van der Waals surface area contributed by atoms with Gasteiger partial charge in [0.15, 0.2) is 29.1 Å². The SMILES string of the molecule is C=C(/C=C\C=C\c1cccc(-c2cccc(-c3cccc(-c4nc(-c5ccccc5)nc(-c5ccc(C6C=CC=CC6)cc5)n4)c3)c2)c1)C(=N)/N=C(\N=C\c1ccccc1)c1cccc(-c2ccccc2)c1. The van der Waals surface area contributed by atoms with E-state index in [0.29, 0.717) is 34.8 Å². The van der Waals surface area contributed by atoms with Gasteiger partial charge in [0.2, 0.25) is 0 Å². The molecule has 0 fully saturated rings. The fourth-order valence-electron chi connectivity index (χ4n) is 8.50. The van der Waals surface area contributed by atoms with Crippen LogP contribution in [0.3, 0.4) is 0 Å². The highest BCUT2D eigenvalue weighted by atomic mass is 15.0.